The molecule has 3 aromatic rings. The van der Waals surface area contributed by atoms with E-state index in [4.69, 9.17) is 14.2 Å². The molecule has 0 bridgehead atoms. The molecule has 0 aliphatic heterocycles. The minimum absolute atomic E-state index is 0.0946. The summed E-state index contributed by atoms with van der Waals surface area (Å²) in [5, 5.41) is 5.02. The maximum Gasteiger partial charge on any atom is 0.331 e. The number of carbonyl (C=O) groups excluding carboxylic acids is 1. The molecule has 0 amide bonds. The number of ether oxygens (including phenoxy) is 3. The first-order chi connectivity index (χ1) is 15.5. The van der Waals surface area contributed by atoms with Gasteiger partial charge in [-0.1, -0.05) is 37.7 Å². The van der Waals surface area contributed by atoms with Crippen LogP contribution in [0.3, 0.4) is 0 Å². The smallest absolute Gasteiger partial charge is 0.331 e. The van der Waals surface area contributed by atoms with Gasteiger partial charge in [0.25, 0.3) is 5.56 Å². The Kier molecular flexibility index (Phi) is 8.38. The van der Waals surface area contributed by atoms with Crippen molar-refractivity contribution in [3.8, 4) is 11.5 Å². The summed E-state index contributed by atoms with van der Waals surface area (Å²) in [6.07, 6.45) is 5.71. The molecule has 0 atom stereocenters. The van der Waals surface area contributed by atoms with Crippen molar-refractivity contribution in [1.82, 2.24) is 14.6 Å². The minimum Gasteiger partial charge on any atom is -0.490 e. The summed E-state index contributed by atoms with van der Waals surface area (Å²) in [5.74, 6) is 0.780. The molecule has 0 aliphatic rings. The van der Waals surface area contributed by atoms with Gasteiger partial charge in [0.1, 0.15) is 11.6 Å². The Balaban J connectivity index is 1.63. The lowest BCUT2D eigenvalue weighted by Gasteiger charge is -2.12. The zero-order chi connectivity index (χ0) is 22.9. The molecule has 8 nitrogen and oxygen atoms in total. The Morgan fingerprint density at radius 1 is 1.16 bits per heavy atom. The van der Waals surface area contributed by atoms with Gasteiger partial charge in [0.05, 0.1) is 18.9 Å². The van der Waals surface area contributed by atoms with E-state index in [1.54, 1.807) is 6.08 Å². The average Bonchev–Trinajstić information content (AvgIpc) is 3.22. The summed E-state index contributed by atoms with van der Waals surface area (Å²) in [7, 11) is 0. The van der Waals surface area contributed by atoms with Crippen molar-refractivity contribution in [3.63, 3.8) is 0 Å². The standard InChI is InChI=1S/C23H27N3O5S/c1-4-7-12-30-18-10-8-16(13-19(18)29-6-3)9-11-22(28)31-15-17-14-21(27)26-23(24-17)32-20(5-2)25-26/h8-11,13-14H,4-7,12,15H2,1-3H3/b11-9+. The van der Waals surface area contributed by atoms with Gasteiger partial charge >= 0.3 is 5.97 Å². The van der Waals surface area contributed by atoms with E-state index < -0.39 is 5.97 Å². The number of carbonyl (C=O) groups is 1. The Morgan fingerprint density at radius 2 is 2.00 bits per heavy atom. The maximum atomic E-state index is 12.2. The third-order valence-corrected chi connectivity index (χ3v) is 5.49. The highest BCUT2D eigenvalue weighted by atomic mass is 32.1. The van der Waals surface area contributed by atoms with Gasteiger partial charge in [0.15, 0.2) is 11.5 Å². The zero-order valence-electron chi connectivity index (χ0n) is 18.5. The van der Waals surface area contributed by atoms with Gasteiger partial charge in [-0.2, -0.15) is 9.61 Å². The molecular formula is C23H27N3O5S. The van der Waals surface area contributed by atoms with Crippen LogP contribution in [0.2, 0.25) is 0 Å². The largest absolute Gasteiger partial charge is 0.490 e. The van der Waals surface area contributed by atoms with Gasteiger partial charge in [0.2, 0.25) is 4.96 Å². The van der Waals surface area contributed by atoms with Crippen LogP contribution in [-0.4, -0.2) is 33.8 Å². The third kappa shape index (κ3) is 6.16. The number of aromatic nitrogens is 3. The predicted molar refractivity (Wildman–Crippen MR) is 123 cm³/mol. The minimum atomic E-state index is -0.535. The Labute approximate surface area is 190 Å². The molecule has 0 fully saturated rings. The van der Waals surface area contributed by atoms with E-state index in [2.05, 4.69) is 17.0 Å². The summed E-state index contributed by atoms with van der Waals surface area (Å²) in [6.45, 7) is 7.01. The molecule has 32 heavy (non-hydrogen) atoms. The van der Waals surface area contributed by atoms with Crippen molar-refractivity contribution in [1.29, 1.82) is 0 Å². The quantitative estimate of drug-likeness (QED) is 0.244. The van der Waals surface area contributed by atoms with Crippen LogP contribution in [0, 0.1) is 0 Å². The van der Waals surface area contributed by atoms with Crippen molar-refractivity contribution in [3.05, 3.63) is 57.0 Å². The highest BCUT2D eigenvalue weighted by molar-refractivity contribution is 7.16. The van der Waals surface area contributed by atoms with Crippen molar-refractivity contribution < 1.29 is 19.0 Å². The molecule has 2 heterocycles. The number of hydrogen-bond acceptors (Lipinski definition) is 8. The number of unbranched alkanes of at least 4 members (excludes halogenated alkanes) is 1. The van der Waals surface area contributed by atoms with Gasteiger partial charge in [-0.05, 0) is 43.5 Å². The number of esters is 1. The predicted octanol–water partition coefficient (Wildman–Crippen LogP) is 4.05. The molecule has 0 unspecified atom stereocenters. The monoisotopic (exact) mass is 457 g/mol. The lowest BCUT2D eigenvalue weighted by Crippen LogP contribution is -2.16. The summed E-state index contributed by atoms with van der Waals surface area (Å²) in [4.78, 5) is 29.2. The molecule has 0 spiro atoms. The van der Waals surface area contributed by atoms with E-state index in [0.717, 1.165) is 29.8 Å². The van der Waals surface area contributed by atoms with Crippen LogP contribution in [0.5, 0.6) is 11.5 Å². The van der Waals surface area contributed by atoms with Gasteiger partial charge in [-0.25, -0.2) is 9.78 Å². The van der Waals surface area contributed by atoms with Gasteiger partial charge in [-0.15, -0.1) is 0 Å². The highest BCUT2D eigenvalue weighted by Crippen LogP contribution is 2.29. The zero-order valence-corrected chi connectivity index (χ0v) is 19.3. The van der Waals surface area contributed by atoms with Crippen molar-refractivity contribution in [2.24, 2.45) is 0 Å². The number of rotatable bonds is 11. The highest BCUT2D eigenvalue weighted by Gasteiger charge is 2.10. The van der Waals surface area contributed by atoms with E-state index in [0.29, 0.717) is 35.4 Å². The molecule has 0 saturated carbocycles. The number of nitrogens with zero attached hydrogens (tertiary/aromatic N) is 3. The van der Waals surface area contributed by atoms with Crippen LogP contribution in [-0.2, 0) is 22.6 Å². The van der Waals surface area contributed by atoms with Crippen molar-refractivity contribution in [2.45, 2.75) is 46.6 Å². The van der Waals surface area contributed by atoms with Crippen molar-refractivity contribution >= 4 is 28.3 Å². The molecular weight excluding hydrogens is 430 g/mol. The molecule has 0 radical (unpaired) electrons. The first-order valence-corrected chi connectivity index (χ1v) is 11.5. The first-order valence-electron chi connectivity index (χ1n) is 10.7. The fourth-order valence-corrected chi connectivity index (χ4v) is 3.67. The van der Waals surface area contributed by atoms with E-state index in [1.807, 2.05) is 32.0 Å². The average molecular weight is 458 g/mol. The van der Waals surface area contributed by atoms with Crippen LogP contribution in [0.15, 0.2) is 35.1 Å². The summed E-state index contributed by atoms with van der Waals surface area (Å²) < 4.78 is 17.9. The number of aryl methyl sites for hydroxylation is 1. The Morgan fingerprint density at radius 3 is 2.75 bits per heavy atom. The van der Waals surface area contributed by atoms with Gasteiger partial charge in [0, 0.05) is 12.1 Å². The number of hydrogen-bond donors (Lipinski definition) is 0. The van der Waals surface area contributed by atoms with Crippen molar-refractivity contribution in [2.75, 3.05) is 13.2 Å². The molecule has 170 valence electrons. The number of benzene rings is 1. The third-order valence-electron chi connectivity index (χ3n) is 4.44. The first kappa shape index (κ1) is 23.5. The van der Waals surface area contributed by atoms with Crippen LogP contribution in [0.25, 0.3) is 11.0 Å². The SMILES string of the molecule is CCCCOc1ccc(/C=C/C(=O)OCc2cc(=O)n3nc(CC)sc3n2)cc1OCC. The van der Waals surface area contributed by atoms with Crippen LogP contribution in [0.1, 0.15) is 49.9 Å². The molecule has 0 aliphatic carbocycles. The summed E-state index contributed by atoms with van der Waals surface area (Å²) >= 11 is 1.34. The van der Waals surface area contributed by atoms with Gasteiger partial charge < -0.3 is 14.2 Å². The van der Waals surface area contributed by atoms with E-state index in [-0.39, 0.29) is 12.2 Å². The van der Waals surface area contributed by atoms with Gasteiger partial charge in [-0.3, -0.25) is 4.79 Å². The fourth-order valence-electron chi connectivity index (χ4n) is 2.81. The maximum absolute atomic E-state index is 12.2. The molecule has 0 saturated heterocycles. The Hall–Kier alpha value is -3.20. The second kappa shape index (κ2) is 11.4. The summed E-state index contributed by atoms with van der Waals surface area (Å²) in [5.41, 5.74) is 0.871. The van der Waals surface area contributed by atoms with Crippen LogP contribution >= 0.6 is 11.3 Å². The second-order valence-electron chi connectivity index (χ2n) is 6.91. The van der Waals surface area contributed by atoms with Crippen LogP contribution in [0.4, 0.5) is 0 Å². The normalized spacial score (nSPS) is 11.2. The van der Waals surface area contributed by atoms with E-state index in [9.17, 15) is 9.59 Å². The molecule has 3 rings (SSSR count). The lowest BCUT2D eigenvalue weighted by atomic mass is 10.2. The van der Waals surface area contributed by atoms with E-state index in [1.165, 1.54) is 28.0 Å². The molecule has 2 aromatic heterocycles. The summed E-state index contributed by atoms with van der Waals surface area (Å²) in [6, 6.07) is 6.83. The van der Waals surface area contributed by atoms with E-state index >= 15 is 0 Å². The lowest BCUT2D eigenvalue weighted by molar-refractivity contribution is -0.139. The van der Waals surface area contributed by atoms with Crippen LogP contribution < -0.4 is 15.0 Å². The topological polar surface area (TPSA) is 92.0 Å². The molecule has 1 aromatic carbocycles. The fraction of sp³-hybridized carbons (Fsp3) is 0.391. The second-order valence-corrected chi connectivity index (χ2v) is 7.95. The molecule has 0 N–H and O–H groups in total. The Bertz CT molecular complexity index is 1150. The number of fused-ring (bicyclic) bond motifs is 1. The molecule has 9 heteroatoms.